The summed E-state index contributed by atoms with van der Waals surface area (Å²) in [5, 5.41) is 2.88. The fraction of sp³-hybridized carbons (Fsp3) is 0.120. The van der Waals surface area contributed by atoms with Crippen molar-refractivity contribution in [3.63, 3.8) is 0 Å². The lowest BCUT2D eigenvalue weighted by molar-refractivity contribution is 0.0601. The second-order valence-corrected chi connectivity index (χ2v) is 9.27. The molecule has 0 aliphatic heterocycles. The number of fused-ring (bicyclic) bond motifs is 1. The summed E-state index contributed by atoms with van der Waals surface area (Å²) < 4.78 is 12.3. The number of carbonyl (C=O) groups is 1. The molecule has 5 rings (SSSR count). The van der Waals surface area contributed by atoms with E-state index in [9.17, 15) is 9.59 Å². The topological polar surface area (TPSA) is 87.2 Å². The summed E-state index contributed by atoms with van der Waals surface area (Å²) in [6.07, 6.45) is 0. The van der Waals surface area contributed by atoms with Crippen LogP contribution in [0.5, 0.6) is 0 Å². The van der Waals surface area contributed by atoms with Crippen molar-refractivity contribution in [3.05, 3.63) is 93.4 Å². The van der Waals surface area contributed by atoms with Gasteiger partial charge in [0.1, 0.15) is 5.76 Å². The number of thioether (sulfide) groups is 1. The second-order valence-electron chi connectivity index (χ2n) is 7.38. The number of oxazole rings is 1. The summed E-state index contributed by atoms with van der Waals surface area (Å²) in [4.78, 5) is 35.9. The van der Waals surface area contributed by atoms with E-state index < -0.39 is 5.97 Å². The van der Waals surface area contributed by atoms with E-state index in [1.165, 1.54) is 18.9 Å². The minimum absolute atomic E-state index is 0.216. The average molecular weight is 490 g/mol. The van der Waals surface area contributed by atoms with E-state index in [1.54, 1.807) is 34.1 Å². The maximum absolute atomic E-state index is 13.5. The normalized spacial score (nSPS) is 11.1. The molecule has 7 nitrogen and oxygen atoms in total. The summed E-state index contributed by atoms with van der Waals surface area (Å²) in [6.45, 7) is 1.88. The zero-order valence-electron chi connectivity index (χ0n) is 18.3. The third-order valence-electron chi connectivity index (χ3n) is 5.24. The highest BCUT2D eigenvalue weighted by atomic mass is 32.2. The van der Waals surface area contributed by atoms with Crippen molar-refractivity contribution in [1.82, 2.24) is 14.5 Å². The van der Waals surface area contributed by atoms with Crippen LogP contribution in [0.2, 0.25) is 0 Å². The molecule has 2 aromatic carbocycles. The van der Waals surface area contributed by atoms with Crippen molar-refractivity contribution in [2.75, 3.05) is 7.11 Å². The summed E-state index contributed by atoms with van der Waals surface area (Å²) in [7, 11) is 1.32. The number of nitrogens with zero attached hydrogens (tertiary/aromatic N) is 3. The molecule has 0 aliphatic carbocycles. The van der Waals surface area contributed by atoms with E-state index >= 15 is 0 Å². The molecule has 0 bridgehead atoms. The minimum Gasteiger partial charge on any atom is -0.465 e. The number of esters is 1. The molecule has 0 atom stereocenters. The molecule has 170 valence electrons. The lowest BCUT2D eigenvalue weighted by Crippen LogP contribution is -2.22. The van der Waals surface area contributed by atoms with Gasteiger partial charge in [-0.15, -0.1) is 11.3 Å². The summed E-state index contributed by atoms with van der Waals surface area (Å²) in [6, 6.07) is 18.0. The van der Waals surface area contributed by atoms with Crippen LogP contribution in [0.3, 0.4) is 0 Å². The van der Waals surface area contributed by atoms with Gasteiger partial charge in [-0.2, -0.15) is 0 Å². The first-order valence-electron chi connectivity index (χ1n) is 10.4. The molecule has 0 N–H and O–H groups in total. The Morgan fingerprint density at radius 3 is 2.68 bits per heavy atom. The van der Waals surface area contributed by atoms with Crippen molar-refractivity contribution >= 4 is 40.0 Å². The van der Waals surface area contributed by atoms with Crippen LogP contribution in [0.15, 0.2) is 80.4 Å². The Bertz CT molecular complexity index is 1540. The fourth-order valence-corrected chi connectivity index (χ4v) is 5.18. The van der Waals surface area contributed by atoms with Gasteiger partial charge >= 0.3 is 5.97 Å². The van der Waals surface area contributed by atoms with Gasteiger partial charge in [-0.05, 0) is 48.7 Å². The Labute approximate surface area is 203 Å². The monoisotopic (exact) mass is 489 g/mol. The molecule has 0 fully saturated rings. The van der Waals surface area contributed by atoms with Crippen molar-refractivity contribution in [2.45, 2.75) is 17.8 Å². The first-order chi connectivity index (χ1) is 16.5. The molecule has 0 saturated carbocycles. The predicted octanol–water partition coefficient (Wildman–Crippen LogP) is 5.49. The van der Waals surface area contributed by atoms with Crippen LogP contribution >= 0.6 is 23.1 Å². The number of hydrogen-bond acceptors (Lipinski definition) is 8. The van der Waals surface area contributed by atoms with Gasteiger partial charge in [0.15, 0.2) is 5.16 Å². The highest BCUT2D eigenvalue weighted by Gasteiger charge is 2.18. The van der Waals surface area contributed by atoms with Crippen LogP contribution < -0.4 is 5.56 Å². The van der Waals surface area contributed by atoms with Gasteiger partial charge < -0.3 is 9.15 Å². The van der Waals surface area contributed by atoms with Crippen molar-refractivity contribution in [2.24, 2.45) is 0 Å². The number of rotatable bonds is 6. The Balaban J connectivity index is 1.58. The molecular formula is C25H19N3O4S2. The Kier molecular flexibility index (Phi) is 6.04. The number of carbonyl (C=O) groups excluding carboxylic acids is 1. The second kappa shape index (κ2) is 9.28. The predicted molar refractivity (Wildman–Crippen MR) is 133 cm³/mol. The number of thiophene rings is 1. The Morgan fingerprint density at radius 1 is 1.12 bits per heavy atom. The lowest BCUT2D eigenvalue weighted by Gasteiger charge is -2.13. The van der Waals surface area contributed by atoms with Crippen LogP contribution in [0.4, 0.5) is 0 Å². The standard InChI is InChI=1S/C25H19N3O4S2/c1-15-20(26-22(32-15)21-9-6-12-33-21)14-34-25-27-19-13-16(24(30)31-2)10-11-18(19)23(29)28(25)17-7-4-3-5-8-17/h3-13H,14H2,1-2H3. The Morgan fingerprint density at radius 2 is 1.94 bits per heavy atom. The van der Waals surface area contributed by atoms with Gasteiger partial charge in [-0.25, -0.2) is 14.8 Å². The minimum atomic E-state index is -0.482. The van der Waals surface area contributed by atoms with Gasteiger partial charge in [-0.3, -0.25) is 9.36 Å². The van der Waals surface area contributed by atoms with Crippen molar-refractivity contribution in [3.8, 4) is 16.5 Å². The first kappa shape index (κ1) is 22.1. The van der Waals surface area contributed by atoms with E-state index in [0.717, 1.165) is 16.3 Å². The number of hydrogen-bond donors (Lipinski definition) is 0. The average Bonchev–Trinajstić information content (AvgIpc) is 3.52. The smallest absolute Gasteiger partial charge is 0.337 e. The third-order valence-corrected chi connectivity index (χ3v) is 7.04. The molecule has 0 aliphatic rings. The van der Waals surface area contributed by atoms with E-state index in [2.05, 4.69) is 4.98 Å². The molecule has 3 heterocycles. The molecule has 0 unspecified atom stereocenters. The number of methoxy groups -OCH3 is 1. The number of aryl methyl sites for hydroxylation is 1. The maximum atomic E-state index is 13.5. The van der Waals surface area contributed by atoms with E-state index in [0.29, 0.717) is 39.0 Å². The van der Waals surface area contributed by atoms with E-state index in [-0.39, 0.29) is 5.56 Å². The number of ether oxygens (including phenoxy) is 1. The molecular weight excluding hydrogens is 470 g/mol. The van der Waals surface area contributed by atoms with Gasteiger partial charge in [0.05, 0.1) is 39.8 Å². The molecule has 3 aromatic heterocycles. The van der Waals surface area contributed by atoms with Crippen LogP contribution in [-0.2, 0) is 10.5 Å². The molecule has 9 heteroatoms. The number of para-hydroxylation sites is 1. The van der Waals surface area contributed by atoms with Gasteiger partial charge in [-0.1, -0.05) is 36.0 Å². The zero-order valence-corrected chi connectivity index (χ0v) is 20.0. The molecule has 0 spiro atoms. The van der Waals surface area contributed by atoms with Gasteiger partial charge in [0, 0.05) is 5.75 Å². The van der Waals surface area contributed by atoms with Crippen molar-refractivity contribution < 1.29 is 13.9 Å². The number of aromatic nitrogens is 3. The first-order valence-corrected chi connectivity index (χ1v) is 12.2. The summed E-state index contributed by atoms with van der Waals surface area (Å²) >= 11 is 2.95. The third kappa shape index (κ3) is 4.15. The highest BCUT2D eigenvalue weighted by Crippen LogP contribution is 2.30. The quantitative estimate of drug-likeness (QED) is 0.177. The van der Waals surface area contributed by atoms with E-state index in [4.69, 9.17) is 14.1 Å². The maximum Gasteiger partial charge on any atom is 0.337 e. The number of benzene rings is 2. The highest BCUT2D eigenvalue weighted by molar-refractivity contribution is 7.98. The van der Waals surface area contributed by atoms with Crippen LogP contribution in [0.25, 0.3) is 27.4 Å². The van der Waals surface area contributed by atoms with Crippen LogP contribution in [0, 0.1) is 6.92 Å². The van der Waals surface area contributed by atoms with Crippen molar-refractivity contribution in [1.29, 1.82) is 0 Å². The molecule has 34 heavy (non-hydrogen) atoms. The lowest BCUT2D eigenvalue weighted by atomic mass is 10.1. The summed E-state index contributed by atoms with van der Waals surface area (Å²) in [5.74, 6) is 1.28. The molecule has 0 radical (unpaired) electrons. The van der Waals surface area contributed by atoms with Crippen LogP contribution in [-0.4, -0.2) is 27.6 Å². The SMILES string of the molecule is COC(=O)c1ccc2c(=O)n(-c3ccccc3)c(SCc3nc(-c4cccs4)oc3C)nc2c1. The van der Waals surface area contributed by atoms with Gasteiger partial charge in [0.2, 0.25) is 5.89 Å². The van der Waals surface area contributed by atoms with Gasteiger partial charge in [0.25, 0.3) is 5.56 Å². The molecule has 0 saturated heterocycles. The Hall–Kier alpha value is -3.69. The van der Waals surface area contributed by atoms with Crippen LogP contribution in [0.1, 0.15) is 21.8 Å². The zero-order chi connectivity index (χ0) is 23.7. The van der Waals surface area contributed by atoms with E-state index in [1.807, 2.05) is 54.8 Å². The summed E-state index contributed by atoms with van der Waals surface area (Å²) in [5.41, 5.74) is 2.04. The molecule has 5 aromatic rings. The molecule has 0 amide bonds. The fourth-order valence-electron chi connectivity index (χ4n) is 3.51. The largest absolute Gasteiger partial charge is 0.465 e.